The second kappa shape index (κ2) is 7.16. The summed E-state index contributed by atoms with van der Waals surface area (Å²) in [5.74, 6) is 1.42. The van der Waals surface area contributed by atoms with Gasteiger partial charge in [-0.15, -0.1) is 5.10 Å². The molecule has 0 aromatic carbocycles. The number of anilines is 1. The number of aryl methyl sites for hydroxylation is 1. The molecule has 5 heteroatoms. The quantitative estimate of drug-likeness (QED) is 0.818. The van der Waals surface area contributed by atoms with Gasteiger partial charge in [0.05, 0.1) is 11.3 Å². The van der Waals surface area contributed by atoms with Crippen LogP contribution in [0.3, 0.4) is 0 Å². The summed E-state index contributed by atoms with van der Waals surface area (Å²) in [6.45, 7) is 6.50. The van der Waals surface area contributed by atoms with Crippen LogP contribution in [0, 0.1) is 5.92 Å². The number of nitrogens with zero attached hydrogens (tertiary/aromatic N) is 2. The SMILES string of the molecule is CCc1nnc(NC2CCCCC2C)c(C(N)=S)c1CC. The van der Waals surface area contributed by atoms with Crippen molar-refractivity contribution < 1.29 is 0 Å². The summed E-state index contributed by atoms with van der Waals surface area (Å²) in [7, 11) is 0. The third-order valence-corrected chi connectivity index (χ3v) is 4.73. The minimum absolute atomic E-state index is 0.419. The van der Waals surface area contributed by atoms with Gasteiger partial charge < -0.3 is 11.1 Å². The predicted octanol–water partition coefficient (Wildman–Crippen LogP) is 3.23. The molecule has 0 aliphatic heterocycles. The summed E-state index contributed by atoms with van der Waals surface area (Å²) in [4.78, 5) is 0.419. The van der Waals surface area contributed by atoms with Crippen molar-refractivity contribution in [2.24, 2.45) is 11.7 Å². The molecule has 0 bridgehead atoms. The minimum Gasteiger partial charge on any atom is -0.389 e. The molecule has 0 spiro atoms. The van der Waals surface area contributed by atoms with Crippen LogP contribution in [-0.4, -0.2) is 21.2 Å². The van der Waals surface area contributed by atoms with Gasteiger partial charge in [-0.1, -0.05) is 45.8 Å². The molecule has 21 heavy (non-hydrogen) atoms. The Balaban J connectivity index is 2.36. The minimum atomic E-state index is 0.419. The van der Waals surface area contributed by atoms with Crippen LogP contribution in [0.25, 0.3) is 0 Å². The zero-order valence-corrected chi connectivity index (χ0v) is 14.1. The van der Waals surface area contributed by atoms with Crippen molar-refractivity contribution >= 4 is 23.0 Å². The highest BCUT2D eigenvalue weighted by Crippen LogP contribution is 2.28. The van der Waals surface area contributed by atoms with E-state index >= 15 is 0 Å². The van der Waals surface area contributed by atoms with E-state index < -0.39 is 0 Å². The Morgan fingerprint density at radius 2 is 1.95 bits per heavy atom. The Hall–Kier alpha value is -1.23. The lowest BCUT2D eigenvalue weighted by Crippen LogP contribution is -2.32. The molecule has 1 aliphatic rings. The lowest BCUT2D eigenvalue weighted by molar-refractivity contribution is 0.348. The lowest BCUT2D eigenvalue weighted by atomic mass is 9.86. The van der Waals surface area contributed by atoms with E-state index in [0.717, 1.165) is 35.5 Å². The summed E-state index contributed by atoms with van der Waals surface area (Å²) in [6.07, 6.45) is 6.76. The molecule has 3 N–H and O–H groups in total. The first kappa shape index (κ1) is 16.1. The van der Waals surface area contributed by atoms with E-state index in [9.17, 15) is 0 Å². The molecule has 1 aliphatic carbocycles. The van der Waals surface area contributed by atoms with Crippen molar-refractivity contribution in [3.05, 3.63) is 16.8 Å². The molecule has 1 aromatic rings. The van der Waals surface area contributed by atoms with Crippen molar-refractivity contribution in [2.75, 3.05) is 5.32 Å². The summed E-state index contributed by atoms with van der Waals surface area (Å²) in [5, 5.41) is 12.3. The van der Waals surface area contributed by atoms with Crippen LogP contribution in [0.1, 0.15) is 63.3 Å². The number of nitrogens with two attached hydrogens (primary N) is 1. The zero-order valence-electron chi connectivity index (χ0n) is 13.3. The number of thiocarbonyl (C=S) groups is 1. The fourth-order valence-electron chi connectivity index (χ4n) is 3.25. The molecule has 1 heterocycles. The Morgan fingerprint density at radius 1 is 1.24 bits per heavy atom. The van der Waals surface area contributed by atoms with Crippen LogP contribution in [-0.2, 0) is 12.8 Å². The average Bonchev–Trinajstić information content (AvgIpc) is 2.48. The maximum absolute atomic E-state index is 5.98. The van der Waals surface area contributed by atoms with E-state index in [-0.39, 0.29) is 0 Å². The molecular formula is C16H26N4S. The second-order valence-electron chi connectivity index (χ2n) is 5.93. The first-order valence-electron chi connectivity index (χ1n) is 8.03. The summed E-state index contributed by atoms with van der Waals surface area (Å²) in [5.41, 5.74) is 9.02. The number of rotatable bonds is 5. The van der Waals surface area contributed by atoms with Crippen LogP contribution in [0.5, 0.6) is 0 Å². The van der Waals surface area contributed by atoms with Crippen LogP contribution < -0.4 is 11.1 Å². The monoisotopic (exact) mass is 306 g/mol. The van der Waals surface area contributed by atoms with E-state index in [0.29, 0.717) is 16.9 Å². The highest BCUT2D eigenvalue weighted by atomic mass is 32.1. The molecule has 0 radical (unpaired) electrons. The Bertz CT molecular complexity index is 515. The molecule has 0 amide bonds. The van der Waals surface area contributed by atoms with Crippen LogP contribution in [0.2, 0.25) is 0 Å². The molecule has 116 valence electrons. The zero-order chi connectivity index (χ0) is 15.4. The first-order valence-corrected chi connectivity index (χ1v) is 8.44. The fraction of sp³-hybridized carbons (Fsp3) is 0.688. The lowest BCUT2D eigenvalue weighted by Gasteiger charge is -2.30. The number of hydrogen-bond acceptors (Lipinski definition) is 4. The van der Waals surface area contributed by atoms with E-state index in [1.54, 1.807) is 0 Å². The number of nitrogens with one attached hydrogen (secondary N) is 1. The molecule has 1 saturated carbocycles. The smallest absolute Gasteiger partial charge is 0.159 e. The normalized spacial score (nSPS) is 22.0. The summed E-state index contributed by atoms with van der Waals surface area (Å²) < 4.78 is 0. The van der Waals surface area contributed by atoms with Crippen molar-refractivity contribution in [3.63, 3.8) is 0 Å². The Kier molecular flexibility index (Phi) is 5.51. The first-order chi connectivity index (χ1) is 10.1. The van der Waals surface area contributed by atoms with E-state index in [2.05, 4.69) is 36.3 Å². The van der Waals surface area contributed by atoms with E-state index in [4.69, 9.17) is 18.0 Å². The average molecular weight is 306 g/mol. The topological polar surface area (TPSA) is 63.8 Å². The van der Waals surface area contributed by atoms with Gasteiger partial charge >= 0.3 is 0 Å². The summed E-state index contributed by atoms with van der Waals surface area (Å²) >= 11 is 5.28. The van der Waals surface area contributed by atoms with Crippen LogP contribution >= 0.6 is 12.2 Å². The van der Waals surface area contributed by atoms with Gasteiger partial charge in [0.2, 0.25) is 0 Å². The Labute approximate surface area is 132 Å². The van der Waals surface area contributed by atoms with Crippen LogP contribution in [0.15, 0.2) is 0 Å². The second-order valence-corrected chi connectivity index (χ2v) is 6.37. The molecule has 0 saturated heterocycles. The highest BCUT2D eigenvalue weighted by molar-refractivity contribution is 7.80. The van der Waals surface area contributed by atoms with Crippen molar-refractivity contribution in [1.82, 2.24) is 10.2 Å². The van der Waals surface area contributed by atoms with Crippen molar-refractivity contribution in [1.29, 1.82) is 0 Å². The van der Waals surface area contributed by atoms with Gasteiger partial charge in [0.15, 0.2) is 5.82 Å². The standard InChI is InChI=1S/C16H26N4S/c1-4-11-12(5-2)19-20-16(14(11)15(17)21)18-13-9-7-6-8-10(13)3/h10,13H,4-9H2,1-3H3,(H2,17,21)(H,18,20). The maximum Gasteiger partial charge on any atom is 0.159 e. The fourth-order valence-corrected chi connectivity index (χ4v) is 3.47. The molecule has 2 unspecified atom stereocenters. The van der Waals surface area contributed by atoms with Gasteiger partial charge in [-0.2, -0.15) is 5.10 Å². The highest BCUT2D eigenvalue weighted by Gasteiger charge is 2.24. The molecule has 1 fully saturated rings. The Morgan fingerprint density at radius 3 is 2.52 bits per heavy atom. The van der Waals surface area contributed by atoms with Gasteiger partial charge in [-0.3, -0.25) is 0 Å². The predicted molar refractivity (Wildman–Crippen MR) is 91.7 cm³/mol. The third kappa shape index (κ3) is 3.51. The molecular weight excluding hydrogens is 280 g/mol. The number of aromatic nitrogens is 2. The maximum atomic E-state index is 5.98. The molecule has 2 atom stereocenters. The number of hydrogen-bond donors (Lipinski definition) is 2. The molecule has 2 rings (SSSR count). The largest absolute Gasteiger partial charge is 0.389 e. The van der Waals surface area contributed by atoms with Gasteiger partial charge in [-0.25, -0.2) is 0 Å². The van der Waals surface area contributed by atoms with E-state index in [1.165, 1.54) is 25.7 Å². The van der Waals surface area contributed by atoms with Gasteiger partial charge in [-0.05, 0) is 37.2 Å². The molecule has 4 nitrogen and oxygen atoms in total. The van der Waals surface area contributed by atoms with Crippen LogP contribution in [0.4, 0.5) is 5.82 Å². The van der Waals surface area contributed by atoms with Gasteiger partial charge in [0.25, 0.3) is 0 Å². The summed E-state index contributed by atoms with van der Waals surface area (Å²) in [6, 6.07) is 0.443. The molecule has 1 aromatic heterocycles. The van der Waals surface area contributed by atoms with Gasteiger partial charge in [0.1, 0.15) is 4.99 Å². The van der Waals surface area contributed by atoms with E-state index in [1.807, 2.05) is 0 Å². The van der Waals surface area contributed by atoms with Gasteiger partial charge in [0, 0.05) is 6.04 Å². The third-order valence-electron chi connectivity index (χ3n) is 4.53. The van der Waals surface area contributed by atoms with Crippen molar-refractivity contribution in [3.8, 4) is 0 Å². The van der Waals surface area contributed by atoms with Crippen molar-refractivity contribution in [2.45, 2.75) is 65.3 Å².